The number of anilines is 3. The SMILES string of the molecule is CCCC[C@@H](F)[C@@H](F)C(=O)Nc1ccc(NCc2ccc(C(F)(F)F)cc2)c(F)c1N. The molecule has 2 rings (SSSR count). The highest BCUT2D eigenvalue weighted by Crippen LogP contribution is 2.31. The predicted molar refractivity (Wildman–Crippen MR) is 108 cm³/mol. The second kappa shape index (κ2) is 10.4. The summed E-state index contributed by atoms with van der Waals surface area (Å²) < 4.78 is 79.9. The topological polar surface area (TPSA) is 67.2 Å². The van der Waals surface area contributed by atoms with Crippen LogP contribution in [0, 0.1) is 5.82 Å². The highest BCUT2D eigenvalue weighted by molar-refractivity contribution is 5.97. The Balaban J connectivity index is 2.02. The van der Waals surface area contributed by atoms with Gasteiger partial charge in [0.05, 0.1) is 22.6 Å². The van der Waals surface area contributed by atoms with Gasteiger partial charge in [-0.05, 0) is 36.2 Å². The van der Waals surface area contributed by atoms with Crippen LogP contribution in [0.1, 0.15) is 37.3 Å². The third-order valence-electron chi connectivity index (χ3n) is 4.60. The molecule has 4 N–H and O–H groups in total. The molecule has 0 unspecified atom stereocenters. The number of benzene rings is 2. The van der Waals surface area contributed by atoms with Gasteiger partial charge in [0.1, 0.15) is 6.17 Å². The van der Waals surface area contributed by atoms with Crippen LogP contribution in [0.5, 0.6) is 0 Å². The van der Waals surface area contributed by atoms with E-state index in [2.05, 4.69) is 10.6 Å². The van der Waals surface area contributed by atoms with Crippen molar-refractivity contribution in [2.45, 2.75) is 51.3 Å². The molecule has 0 bridgehead atoms. The van der Waals surface area contributed by atoms with Crippen molar-refractivity contribution >= 4 is 23.0 Å². The zero-order chi connectivity index (χ0) is 23.2. The monoisotopic (exact) mass is 447 g/mol. The number of unbranched alkanes of at least 4 members (excludes halogenated alkanes) is 1. The number of hydrogen-bond acceptors (Lipinski definition) is 3. The molecular formula is C21H23F6N3O. The lowest BCUT2D eigenvalue weighted by Gasteiger charge is -2.16. The van der Waals surface area contributed by atoms with E-state index in [1.165, 1.54) is 24.3 Å². The smallest absolute Gasteiger partial charge is 0.395 e. The highest BCUT2D eigenvalue weighted by atomic mass is 19.4. The number of rotatable bonds is 9. The van der Waals surface area contributed by atoms with Crippen LogP contribution in [0.15, 0.2) is 36.4 Å². The molecule has 0 radical (unpaired) electrons. The lowest BCUT2D eigenvalue weighted by atomic mass is 10.1. The van der Waals surface area contributed by atoms with Gasteiger partial charge in [-0.15, -0.1) is 0 Å². The van der Waals surface area contributed by atoms with Gasteiger partial charge in [0.2, 0.25) is 6.17 Å². The van der Waals surface area contributed by atoms with E-state index in [1.807, 2.05) is 0 Å². The Labute approximate surface area is 175 Å². The summed E-state index contributed by atoms with van der Waals surface area (Å²) >= 11 is 0. The normalized spacial score (nSPS) is 13.5. The lowest BCUT2D eigenvalue weighted by molar-refractivity contribution is -0.137. The number of nitrogen functional groups attached to an aromatic ring is 1. The van der Waals surface area contributed by atoms with Crippen LogP contribution < -0.4 is 16.4 Å². The predicted octanol–water partition coefficient (Wildman–Crippen LogP) is 5.84. The molecule has 0 heterocycles. The van der Waals surface area contributed by atoms with E-state index in [0.29, 0.717) is 18.4 Å². The second-order valence-electron chi connectivity index (χ2n) is 6.99. The molecule has 0 aliphatic rings. The van der Waals surface area contributed by atoms with E-state index in [4.69, 9.17) is 5.73 Å². The quantitative estimate of drug-likeness (QED) is 0.334. The summed E-state index contributed by atoms with van der Waals surface area (Å²) in [5.41, 5.74) is 4.54. The molecule has 0 aliphatic heterocycles. The summed E-state index contributed by atoms with van der Waals surface area (Å²) in [4.78, 5) is 11.9. The van der Waals surface area contributed by atoms with Crippen LogP contribution in [0.4, 0.5) is 43.4 Å². The van der Waals surface area contributed by atoms with Gasteiger partial charge in [-0.1, -0.05) is 31.9 Å². The minimum absolute atomic E-state index is 0.00766. The summed E-state index contributed by atoms with van der Waals surface area (Å²) in [6.07, 6.45) is -7.88. The molecule has 10 heteroatoms. The summed E-state index contributed by atoms with van der Waals surface area (Å²) in [7, 11) is 0. The maximum Gasteiger partial charge on any atom is 0.416 e. The lowest BCUT2D eigenvalue weighted by Crippen LogP contribution is -2.32. The van der Waals surface area contributed by atoms with Crippen molar-refractivity contribution < 1.29 is 31.1 Å². The first-order chi connectivity index (χ1) is 14.5. The number of nitrogens with one attached hydrogen (secondary N) is 2. The first kappa shape index (κ1) is 24.4. The Morgan fingerprint density at radius 1 is 1.06 bits per heavy atom. The number of amides is 1. The Hall–Kier alpha value is -2.91. The van der Waals surface area contributed by atoms with Crippen molar-refractivity contribution in [2.75, 3.05) is 16.4 Å². The molecule has 0 spiro atoms. The van der Waals surface area contributed by atoms with Crippen molar-refractivity contribution in [2.24, 2.45) is 0 Å². The van der Waals surface area contributed by atoms with Crippen molar-refractivity contribution in [1.82, 2.24) is 0 Å². The molecular weight excluding hydrogens is 424 g/mol. The summed E-state index contributed by atoms with van der Waals surface area (Å²) in [5, 5.41) is 4.77. The third-order valence-corrected chi connectivity index (χ3v) is 4.60. The van der Waals surface area contributed by atoms with Crippen LogP contribution in [-0.2, 0) is 17.5 Å². The fourth-order valence-corrected chi connectivity index (χ4v) is 2.76. The van der Waals surface area contributed by atoms with Crippen LogP contribution in [0.25, 0.3) is 0 Å². The van der Waals surface area contributed by atoms with Crippen LogP contribution in [-0.4, -0.2) is 18.3 Å². The van der Waals surface area contributed by atoms with Gasteiger partial charge in [0, 0.05) is 6.54 Å². The molecule has 2 aromatic rings. The Morgan fingerprint density at radius 2 is 1.68 bits per heavy atom. The van der Waals surface area contributed by atoms with Crippen molar-refractivity contribution in [1.29, 1.82) is 0 Å². The molecule has 31 heavy (non-hydrogen) atoms. The Morgan fingerprint density at radius 3 is 2.26 bits per heavy atom. The summed E-state index contributed by atoms with van der Waals surface area (Å²) in [6, 6.07) is 6.76. The summed E-state index contributed by atoms with van der Waals surface area (Å²) in [6.45, 7) is 1.81. The third kappa shape index (κ3) is 6.53. The molecule has 0 fully saturated rings. The Bertz CT molecular complexity index is 886. The van der Waals surface area contributed by atoms with Gasteiger partial charge in [-0.25, -0.2) is 13.2 Å². The van der Waals surface area contributed by atoms with E-state index in [9.17, 15) is 31.1 Å². The van der Waals surface area contributed by atoms with Crippen LogP contribution in [0.2, 0.25) is 0 Å². The fraction of sp³-hybridized carbons (Fsp3) is 0.381. The number of hydrogen-bond donors (Lipinski definition) is 3. The second-order valence-corrected chi connectivity index (χ2v) is 6.99. The zero-order valence-corrected chi connectivity index (χ0v) is 16.7. The van der Waals surface area contributed by atoms with Crippen LogP contribution >= 0.6 is 0 Å². The first-order valence-electron chi connectivity index (χ1n) is 9.61. The average molecular weight is 447 g/mol. The molecule has 170 valence electrons. The van der Waals surface area contributed by atoms with Crippen molar-refractivity contribution in [3.05, 3.63) is 53.3 Å². The number of nitrogens with two attached hydrogens (primary N) is 1. The molecule has 2 aromatic carbocycles. The minimum atomic E-state index is -4.45. The van der Waals surface area contributed by atoms with E-state index in [-0.39, 0.29) is 24.3 Å². The first-order valence-corrected chi connectivity index (χ1v) is 9.61. The van der Waals surface area contributed by atoms with Gasteiger partial charge in [-0.2, -0.15) is 13.2 Å². The molecule has 2 atom stereocenters. The van der Waals surface area contributed by atoms with Gasteiger partial charge >= 0.3 is 6.18 Å². The van der Waals surface area contributed by atoms with Crippen molar-refractivity contribution in [3.8, 4) is 0 Å². The number of carbonyl (C=O) groups excluding carboxylic acids is 1. The van der Waals surface area contributed by atoms with E-state index >= 15 is 0 Å². The largest absolute Gasteiger partial charge is 0.416 e. The molecule has 0 saturated heterocycles. The zero-order valence-electron chi connectivity index (χ0n) is 16.7. The summed E-state index contributed by atoms with van der Waals surface area (Å²) in [5.74, 6) is -2.21. The van der Waals surface area contributed by atoms with E-state index in [0.717, 1.165) is 12.1 Å². The fourth-order valence-electron chi connectivity index (χ4n) is 2.76. The number of carbonyl (C=O) groups is 1. The Kier molecular flexibility index (Phi) is 8.18. The van der Waals surface area contributed by atoms with E-state index in [1.54, 1.807) is 6.92 Å². The molecule has 0 aliphatic carbocycles. The standard InChI is InChI=1S/C21H23F6N3O/c1-2-3-4-14(22)17(23)20(31)30-16-10-9-15(18(24)19(16)28)29-11-12-5-7-13(8-6-12)21(25,26)27/h5-10,14,17,29H,2-4,11,28H2,1H3,(H,30,31)/t14-,17-/m1/s1. The van der Waals surface area contributed by atoms with Gasteiger partial charge in [0.15, 0.2) is 5.82 Å². The number of alkyl halides is 5. The molecule has 1 amide bonds. The number of halogens is 6. The van der Waals surface area contributed by atoms with Crippen LogP contribution in [0.3, 0.4) is 0 Å². The molecule has 0 aromatic heterocycles. The average Bonchev–Trinajstić information content (AvgIpc) is 2.73. The highest BCUT2D eigenvalue weighted by Gasteiger charge is 2.30. The van der Waals surface area contributed by atoms with Gasteiger partial charge in [0.25, 0.3) is 5.91 Å². The minimum Gasteiger partial charge on any atom is -0.395 e. The van der Waals surface area contributed by atoms with Crippen molar-refractivity contribution in [3.63, 3.8) is 0 Å². The molecule has 0 saturated carbocycles. The maximum atomic E-state index is 14.5. The molecule has 4 nitrogen and oxygen atoms in total. The van der Waals surface area contributed by atoms with Gasteiger partial charge in [-0.3, -0.25) is 4.79 Å². The van der Waals surface area contributed by atoms with Gasteiger partial charge < -0.3 is 16.4 Å². The maximum absolute atomic E-state index is 14.5. The van der Waals surface area contributed by atoms with E-state index < -0.39 is 41.5 Å².